The second-order valence-corrected chi connectivity index (χ2v) is 5.18. The molecule has 1 atom stereocenters. The third kappa shape index (κ3) is 2.98. The van der Waals surface area contributed by atoms with E-state index in [1.165, 1.54) is 11.3 Å². The lowest BCUT2D eigenvalue weighted by Crippen LogP contribution is -2.48. The second kappa shape index (κ2) is 6.04. The molecule has 1 unspecified atom stereocenters. The average molecular weight is 291 g/mol. The number of ether oxygens (including phenoxy) is 1. The smallest absolute Gasteiger partial charge is 0.245 e. The van der Waals surface area contributed by atoms with Crippen molar-refractivity contribution in [3.05, 3.63) is 24.4 Å². The molecule has 1 fully saturated rings. The molecule has 2 aromatic heterocycles. The van der Waals surface area contributed by atoms with Crippen LogP contribution in [0.3, 0.4) is 0 Å². The highest BCUT2D eigenvalue weighted by molar-refractivity contribution is 7.18. The number of pyridine rings is 1. The first-order chi connectivity index (χ1) is 9.83. The highest BCUT2D eigenvalue weighted by Gasteiger charge is 2.22. The molecular formula is C12H13N5O2S. The van der Waals surface area contributed by atoms with Gasteiger partial charge in [-0.2, -0.15) is 0 Å². The molecule has 0 bridgehead atoms. The summed E-state index contributed by atoms with van der Waals surface area (Å²) in [5.41, 5.74) is 0.740. The summed E-state index contributed by atoms with van der Waals surface area (Å²) in [6.07, 6.45) is 1.69. The summed E-state index contributed by atoms with van der Waals surface area (Å²) in [6, 6.07) is 5.22. The number of nitrogens with zero attached hydrogens (tertiary/aromatic N) is 3. The normalized spacial score (nSPS) is 18.7. The lowest BCUT2D eigenvalue weighted by Gasteiger charge is -2.22. The van der Waals surface area contributed by atoms with Crippen molar-refractivity contribution in [2.45, 2.75) is 6.04 Å². The summed E-state index contributed by atoms with van der Waals surface area (Å²) < 4.78 is 5.25. The van der Waals surface area contributed by atoms with E-state index < -0.39 is 0 Å². The molecule has 7 nitrogen and oxygen atoms in total. The summed E-state index contributed by atoms with van der Waals surface area (Å²) in [6.45, 7) is 1.68. The summed E-state index contributed by atoms with van der Waals surface area (Å²) in [5, 5.41) is 14.9. The fraction of sp³-hybridized carbons (Fsp3) is 0.333. The number of hydrogen-bond donors (Lipinski definition) is 2. The number of carbonyl (C=O) groups excluding carboxylic acids is 1. The van der Waals surface area contributed by atoms with Crippen LogP contribution in [0.25, 0.3) is 10.7 Å². The summed E-state index contributed by atoms with van der Waals surface area (Å²) >= 11 is 1.29. The number of rotatable bonds is 3. The minimum absolute atomic E-state index is 0.159. The Morgan fingerprint density at radius 3 is 3.15 bits per heavy atom. The number of aromatic nitrogens is 3. The minimum Gasteiger partial charge on any atom is -0.378 e. The van der Waals surface area contributed by atoms with Crippen LogP contribution in [0.2, 0.25) is 0 Å². The van der Waals surface area contributed by atoms with E-state index in [1.54, 1.807) is 6.20 Å². The van der Waals surface area contributed by atoms with Crippen molar-refractivity contribution in [2.24, 2.45) is 0 Å². The van der Waals surface area contributed by atoms with Gasteiger partial charge in [0, 0.05) is 12.7 Å². The second-order valence-electron chi connectivity index (χ2n) is 4.20. The van der Waals surface area contributed by atoms with E-state index in [1.807, 2.05) is 18.2 Å². The maximum Gasteiger partial charge on any atom is 0.245 e. The molecule has 0 radical (unpaired) electrons. The molecule has 0 saturated carbocycles. The van der Waals surface area contributed by atoms with Crippen molar-refractivity contribution in [1.29, 1.82) is 0 Å². The topological polar surface area (TPSA) is 89.0 Å². The number of hydrogen-bond acceptors (Lipinski definition) is 7. The lowest BCUT2D eigenvalue weighted by molar-refractivity contribution is -0.120. The van der Waals surface area contributed by atoms with Gasteiger partial charge in [-0.25, -0.2) is 0 Å². The van der Waals surface area contributed by atoms with Gasteiger partial charge in [-0.3, -0.25) is 15.1 Å². The van der Waals surface area contributed by atoms with Crippen LogP contribution in [0.15, 0.2) is 24.4 Å². The van der Waals surface area contributed by atoms with Crippen molar-refractivity contribution >= 4 is 22.4 Å². The molecule has 2 N–H and O–H groups in total. The lowest BCUT2D eigenvalue weighted by atomic mass is 10.2. The first kappa shape index (κ1) is 13.1. The van der Waals surface area contributed by atoms with Gasteiger partial charge in [0.15, 0.2) is 5.01 Å². The molecule has 0 aromatic carbocycles. The molecule has 3 rings (SSSR count). The number of morpholine rings is 1. The van der Waals surface area contributed by atoms with Gasteiger partial charge in [-0.05, 0) is 12.1 Å². The van der Waals surface area contributed by atoms with Crippen molar-refractivity contribution < 1.29 is 9.53 Å². The van der Waals surface area contributed by atoms with Crippen molar-refractivity contribution in [1.82, 2.24) is 20.5 Å². The van der Waals surface area contributed by atoms with Crippen LogP contribution in [0, 0.1) is 0 Å². The fourth-order valence-electron chi connectivity index (χ4n) is 1.79. The van der Waals surface area contributed by atoms with E-state index in [4.69, 9.17) is 4.74 Å². The summed E-state index contributed by atoms with van der Waals surface area (Å²) in [4.78, 5) is 16.2. The maximum absolute atomic E-state index is 12.0. The summed E-state index contributed by atoms with van der Waals surface area (Å²) in [5.74, 6) is -0.159. The van der Waals surface area contributed by atoms with Crippen LogP contribution < -0.4 is 10.6 Å². The first-order valence-electron chi connectivity index (χ1n) is 6.20. The molecule has 1 amide bonds. The van der Waals surface area contributed by atoms with Crippen molar-refractivity contribution in [3.63, 3.8) is 0 Å². The molecule has 1 aliphatic heterocycles. The van der Waals surface area contributed by atoms with E-state index in [9.17, 15) is 4.79 Å². The molecule has 1 saturated heterocycles. The number of nitrogens with one attached hydrogen (secondary N) is 2. The molecule has 104 valence electrons. The molecule has 3 heterocycles. The molecule has 20 heavy (non-hydrogen) atoms. The molecule has 0 aliphatic carbocycles. The Bertz CT molecular complexity index is 583. The molecule has 0 spiro atoms. The van der Waals surface area contributed by atoms with Gasteiger partial charge in [-0.15, -0.1) is 10.2 Å². The number of anilines is 1. The highest BCUT2D eigenvalue weighted by Crippen LogP contribution is 2.24. The predicted molar refractivity (Wildman–Crippen MR) is 74.4 cm³/mol. The number of carbonyl (C=O) groups is 1. The highest BCUT2D eigenvalue weighted by atomic mass is 32.1. The van der Waals surface area contributed by atoms with Crippen LogP contribution in [0.1, 0.15) is 0 Å². The SMILES string of the molecule is O=C(Nc1nnc(-c2ccccn2)s1)C1COCCN1. The molecule has 2 aromatic rings. The standard InChI is InChI=1S/C12H13N5O2S/c18-10(9-7-19-6-5-14-9)15-12-17-16-11(20-12)8-3-1-2-4-13-8/h1-4,9,14H,5-7H2,(H,15,17,18). The first-order valence-corrected chi connectivity index (χ1v) is 7.01. The minimum atomic E-state index is -0.342. The molecule has 1 aliphatic rings. The monoisotopic (exact) mass is 291 g/mol. The zero-order chi connectivity index (χ0) is 13.8. The van der Waals surface area contributed by atoms with Crippen molar-refractivity contribution in [3.8, 4) is 10.7 Å². The Labute approximate surface area is 119 Å². The van der Waals surface area contributed by atoms with Gasteiger partial charge >= 0.3 is 0 Å². The Balaban J connectivity index is 1.66. The van der Waals surface area contributed by atoms with Gasteiger partial charge in [0.2, 0.25) is 11.0 Å². The Morgan fingerprint density at radius 2 is 2.40 bits per heavy atom. The molecular weight excluding hydrogens is 278 g/mol. The number of amides is 1. The van der Waals surface area contributed by atoms with Gasteiger partial charge in [-0.1, -0.05) is 17.4 Å². The van der Waals surface area contributed by atoms with E-state index >= 15 is 0 Å². The maximum atomic E-state index is 12.0. The largest absolute Gasteiger partial charge is 0.378 e. The fourth-order valence-corrected chi connectivity index (χ4v) is 2.52. The third-order valence-electron chi connectivity index (χ3n) is 2.78. The van der Waals surface area contributed by atoms with Crippen LogP contribution in [0.4, 0.5) is 5.13 Å². The van der Waals surface area contributed by atoms with Crippen LogP contribution in [-0.4, -0.2) is 46.9 Å². The van der Waals surface area contributed by atoms with E-state index in [2.05, 4.69) is 25.8 Å². The van der Waals surface area contributed by atoms with E-state index in [-0.39, 0.29) is 11.9 Å². The van der Waals surface area contributed by atoms with E-state index in [0.717, 1.165) is 5.69 Å². The average Bonchev–Trinajstić information content (AvgIpc) is 2.97. The Kier molecular flexibility index (Phi) is 3.95. The van der Waals surface area contributed by atoms with Crippen molar-refractivity contribution in [2.75, 3.05) is 25.1 Å². The molecule has 8 heteroatoms. The van der Waals surface area contributed by atoms with Gasteiger partial charge < -0.3 is 10.1 Å². The van der Waals surface area contributed by atoms with E-state index in [0.29, 0.717) is 29.9 Å². The van der Waals surface area contributed by atoms with Gasteiger partial charge in [0.1, 0.15) is 11.7 Å². The van der Waals surface area contributed by atoms with Crippen LogP contribution in [0.5, 0.6) is 0 Å². The van der Waals surface area contributed by atoms with Crippen LogP contribution in [-0.2, 0) is 9.53 Å². The third-order valence-corrected chi connectivity index (χ3v) is 3.64. The Hall–Kier alpha value is -1.90. The van der Waals surface area contributed by atoms with Crippen LogP contribution >= 0.6 is 11.3 Å². The quantitative estimate of drug-likeness (QED) is 0.857. The summed E-state index contributed by atoms with van der Waals surface area (Å²) in [7, 11) is 0. The predicted octanol–water partition coefficient (Wildman–Crippen LogP) is 0.527. The Morgan fingerprint density at radius 1 is 1.45 bits per heavy atom. The zero-order valence-corrected chi connectivity index (χ0v) is 11.4. The van der Waals surface area contributed by atoms with Gasteiger partial charge in [0.25, 0.3) is 0 Å². The van der Waals surface area contributed by atoms with Gasteiger partial charge in [0.05, 0.1) is 13.2 Å². The zero-order valence-electron chi connectivity index (χ0n) is 10.6.